The number of pyridine rings is 1. The Morgan fingerprint density at radius 3 is 2.50 bits per heavy atom. The molecular weight excluding hydrogens is 430 g/mol. The van der Waals surface area contributed by atoms with Crippen LogP contribution in [0.15, 0.2) is 54.7 Å². The zero-order chi connectivity index (χ0) is 23.7. The van der Waals surface area contributed by atoms with Crippen LogP contribution >= 0.6 is 0 Å². The van der Waals surface area contributed by atoms with Crippen molar-refractivity contribution in [3.63, 3.8) is 0 Å². The van der Waals surface area contributed by atoms with E-state index in [-0.39, 0.29) is 18.1 Å². The van der Waals surface area contributed by atoms with Crippen molar-refractivity contribution in [3.8, 4) is 22.6 Å². The average Bonchev–Trinajstić information content (AvgIpc) is 2.84. The van der Waals surface area contributed by atoms with Crippen molar-refractivity contribution in [1.29, 1.82) is 0 Å². The third-order valence-electron chi connectivity index (χ3n) is 6.19. The second kappa shape index (κ2) is 9.35. The van der Waals surface area contributed by atoms with Gasteiger partial charge < -0.3 is 24.4 Å². The molecule has 5 rings (SSSR count). The summed E-state index contributed by atoms with van der Waals surface area (Å²) in [5.74, 6) is 2.17. The number of carbonyl (C=O) groups excluding carboxylic acids is 1. The predicted octanol–water partition coefficient (Wildman–Crippen LogP) is 4.69. The van der Waals surface area contributed by atoms with E-state index in [1.54, 1.807) is 6.20 Å². The van der Waals surface area contributed by atoms with Crippen LogP contribution < -0.4 is 19.7 Å². The fraction of sp³-hybridized carbons (Fsp3) is 0.333. The standard InChI is InChI=1S/C27H29N3O4/c1-17-15-30(16-18(2)34-17)26-10-8-21(14-28-26)27(31)29-23-6-4-5-22(19(23)3)20-7-9-24-25(13-20)33-12-11-32-24/h4-10,13-14,17-18H,11-12,15-16H2,1-3H3,(H,29,31)/t17-,18+. The van der Waals surface area contributed by atoms with Gasteiger partial charge in [0.15, 0.2) is 11.5 Å². The molecule has 2 atom stereocenters. The Balaban J connectivity index is 1.32. The van der Waals surface area contributed by atoms with E-state index >= 15 is 0 Å². The van der Waals surface area contributed by atoms with Crippen molar-refractivity contribution in [2.24, 2.45) is 0 Å². The molecule has 0 aliphatic carbocycles. The Labute approximate surface area is 199 Å². The van der Waals surface area contributed by atoms with Crippen LogP contribution in [0.2, 0.25) is 0 Å². The van der Waals surface area contributed by atoms with Crippen LogP contribution in [0.5, 0.6) is 11.5 Å². The maximum Gasteiger partial charge on any atom is 0.257 e. The molecule has 0 spiro atoms. The second-order valence-electron chi connectivity index (χ2n) is 8.86. The number of fused-ring (bicyclic) bond motifs is 1. The molecular formula is C27H29N3O4. The molecule has 7 nitrogen and oxygen atoms in total. The molecule has 176 valence electrons. The van der Waals surface area contributed by atoms with Gasteiger partial charge in [0.2, 0.25) is 0 Å². The highest BCUT2D eigenvalue weighted by atomic mass is 16.6. The first-order valence-electron chi connectivity index (χ1n) is 11.7. The molecule has 1 N–H and O–H groups in total. The van der Waals surface area contributed by atoms with Crippen LogP contribution in [0.3, 0.4) is 0 Å². The van der Waals surface area contributed by atoms with E-state index in [1.165, 1.54) is 0 Å². The van der Waals surface area contributed by atoms with E-state index in [2.05, 4.69) is 29.0 Å². The van der Waals surface area contributed by atoms with E-state index in [1.807, 2.05) is 55.5 Å². The Bertz CT molecular complexity index is 1180. The minimum Gasteiger partial charge on any atom is -0.486 e. The molecule has 3 aromatic rings. The summed E-state index contributed by atoms with van der Waals surface area (Å²) in [5, 5.41) is 3.04. The van der Waals surface area contributed by atoms with Crippen LogP contribution in [0.1, 0.15) is 29.8 Å². The van der Waals surface area contributed by atoms with Crippen molar-refractivity contribution in [1.82, 2.24) is 4.98 Å². The molecule has 1 fully saturated rings. The van der Waals surface area contributed by atoms with E-state index < -0.39 is 0 Å². The molecule has 7 heteroatoms. The SMILES string of the molecule is Cc1c(NC(=O)c2ccc(N3C[C@@H](C)O[C@@H](C)C3)nc2)cccc1-c1ccc2c(c1)OCCO2. The Morgan fingerprint density at radius 2 is 1.76 bits per heavy atom. The molecule has 34 heavy (non-hydrogen) atoms. The highest BCUT2D eigenvalue weighted by Crippen LogP contribution is 2.37. The lowest BCUT2D eigenvalue weighted by Gasteiger charge is -2.36. The van der Waals surface area contributed by atoms with E-state index in [9.17, 15) is 4.79 Å². The largest absolute Gasteiger partial charge is 0.486 e. The van der Waals surface area contributed by atoms with Crippen LogP contribution in [-0.4, -0.2) is 49.4 Å². The monoisotopic (exact) mass is 459 g/mol. The number of morpholine rings is 1. The van der Waals surface area contributed by atoms with Gasteiger partial charge in [0.05, 0.1) is 17.8 Å². The smallest absolute Gasteiger partial charge is 0.257 e. The predicted molar refractivity (Wildman–Crippen MR) is 132 cm³/mol. The van der Waals surface area contributed by atoms with Crippen molar-refractivity contribution in [3.05, 3.63) is 65.9 Å². The van der Waals surface area contributed by atoms with Gasteiger partial charge in [-0.2, -0.15) is 0 Å². The summed E-state index contributed by atoms with van der Waals surface area (Å²) in [4.78, 5) is 19.7. The van der Waals surface area contributed by atoms with Gasteiger partial charge >= 0.3 is 0 Å². The zero-order valence-electron chi connectivity index (χ0n) is 19.7. The fourth-order valence-corrected chi connectivity index (χ4v) is 4.56. The first-order chi connectivity index (χ1) is 16.5. The number of amides is 1. The van der Waals surface area contributed by atoms with Gasteiger partial charge in [0.25, 0.3) is 5.91 Å². The molecule has 0 bridgehead atoms. The lowest BCUT2D eigenvalue weighted by Crippen LogP contribution is -2.45. The van der Waals surface area contributed by atoms with Gasteiger partial charge in [-0.05, 0) is 67.8 Å². The summed E-state index contributed by atoms with van der Waals surface area (Å²) >= 11 is 0. The number of hydrogen-bond acceptors (Lipinski definition) is 6. The van der Waals surface area contributed by atoms with Gasteiger partial charge in [-0.25, -0.2) is 4.98 Å². The van der Waals surface area contributed by atoms with Gasteiger partial charge in [-0.3, -0.25) is 4.79 Å². The molecule has 2 aromatic carbocycles. The van der Waals surface area contributed by atoms with E-state index in [0.29, 0.717) is 18.8 Å². The Hall–Kier alpha value is -3.58. The Kier molecular flexibility index (Phi) is 6.11. The lowest BCUT2D eigenvalue weighted by atomic mass is 9.98. The molecule has 0 saturated carbocycles. The van der Waals surface area contributed by atoms with Crippen LogP contribution in [0.25, 0.3) is 11.1 Å². The van der Waals surface area contributed by atoms with Gasteiger partial charge in [0.1, 0.15) is 19.0 Å². The topological polar surface area (TPSA) is 72.9 Å². The fourth-order valence-electron chi connectivity index (χ4n) is 4.56. The van der Waals surface area contributed by atoms with Crippen molar-refractivity contribution < 1.29 is 19.0 Å². The maximum absolute atomic E-state index is 13.0. The molecule has 2 aliphatic rings. The highest BCUT2D eigenvalue weighted by Gasteiger charge is 2.23. The molecule has 0 radical (unpaired) electrons. The number of rotatable bonds is 4. The van der Waals surface area contributed by atoms with Gasteiger partial charge in [-0.15, -0.1) is 0 Å². The number of aromatic nitrogens is 1. The van der Waals surface area contributed by atoms with Crippen molar-refractivity contribution >= 4 is 17.4 Å². The molecule has 1 saturated heterocycles. The van der Waals surface area contributed by atoms with Crippen molar-refractivity contribution in [2.45, 2.75) is 33.0 Å². The number of nitrogens with zero attached hydrogens (tertiary/aromatic N) is 2. The Morgan fingerprint density at radius 1 is 1.00 bits per heavy atom. The number of hydrogen-bond donors (Lipinski definition) is 1. The summed E-state index contributed by atoms with van der Waals surface area (Å²) in [6.07, 6.45) is 1.94. The number of carbonyl (C=O) groups is 1. The third kappa shape index (κ3) is 4.56. The third-order valence-corrected chi connectivity index (χ3v) is 6.19. The van der Waals surface area contributed by atoms with Gasteiger partial charge in [0, 0.05) is 25.0 Å². The molecule has 1 aromatic heterocycles. The minimum absolute atomic E-state index is 0.151. The molecule has 2 aliphatic heterocycles. The average molecular weight is 460 g/mol. The first kappa shape index (κ1) is 22.2. The van der Waals surface area contributed by atoms with E-state index in [4.69, 9.17) is 14.2 Å². The first-order valence-corrected chi connectivity index (χ1v) is 11.7. The van der Waals surface area contributed by atoms with Crippen molar-refractivity contribution in [2.75, 3.05) is 36.5 Å². The van der Waals surface area contributed by atoms with E-state index in [0.717, 1.165) is 52.8 Å². The maximum atomic E-state index is 13.0. The van der Waals surface area contributed by atoms with Gasteiger partial charge in [-0.1, -0.05) is 18.2 Å². The van der Waals surface area contributed by atoms with Crippen LogP contribution in [0.4, 0.5) is 11.5 Å². The minimum atomic E-state index is -0.190. The quantitative estimate of drug-likeness (QED) is 0.610. The molecule has 0 unspecified atom stereocenters. The normalized spacial score (nSPS) is 19.6. The van der Waals surface area contributed by atoms with Crippen LogP contribution in [-0.2, 0) is 4.74 Å². The molecule has 1 amide bonds. The number of anilines is 2. The summed E-state index contributed by atoms with van der Waals surface area (Å²) in [6.45, 7) is 8.81. The zero-order valence-corrected chi connectivity index (χ0v) is 19.7. The summed E-state index contributed by atoms with van der Waals surface area (Å²) in [6, 6.07) is 15.5. The number of benzene rings is 2. The second-order valence-corrected chi connectivity index (χ2v) is 8.86. The lowest BCUT2D eigenvalue weighted by molar-refractivity contribution is -0.00546. The summed E-state index contributed by atoms with van der Waals surface area (Å²) < 4.78 is 17.2. The molecule has 3 heterocycles. The number of nitrogens with one attached hydrogen (secondary N) is 1. The highest BCUT2D eigenvalue weighted by molar-refractivity contribution is 6.05. The number of ether oxygens (including phenoxy) is 3. The summed E-state index contributed by atoms with van der Waals surface area (Å²) in [5.41, 5.74) is 4.30. The van der Waals surface area contributed by atoms with Crippen LogP contribution in [0, 0.1) is 6.92 Å². The summed E-state index contributed by atoms with van der Waals surface area (Å²) in [7, 11) is 0.